The zero-order chi connectivity index (χ0) is 18.4. The Morgan fingerprint density at radius 2 is 1.88 bits per heavy atom. The van der Waals surface area contributed by atoms with E-state index < -0.39 is 11.8 Å². The number of carbonyl (C=O) groups is 2. The van der Waals surface area contributed by atoms with E-state index in [0.717, 1.165) is 0 Å². The van der Waals surface area contributed by atoms with Gasteiger partial charge in [0.1, 0.15) is 11.6 Å². The number of halogens is 1. The van der Waals surface area contributed by atoms with Crippen LogP contribution >= 0.6 is 11.6 Å². The molecular weight excluding hydrogens is 342 g/mol. The van der Waals surface area contributed by atoms with Crippen LogP contribution in [0.25, 0.3) is 0 Å². The van der Waals surface area contributed by atoms with Crippen LogP contribution in [0.4, 0.5) is 17.1 Å². The van der Waals surface area contributed by atoms with Gasteiger partial charge < -0.3 is 22.1 Å². The topological polar surface area (TPSA) is 134 Å². The highest BCUT2D eigenvalue weighted by Gasteiger charge is 2.12. The number of anilines is 3. The van der Waals surface area contributed by atoms with Gasteiger partial charge in [-0.2, -0.15) is 5.26 Å². The number of rotatable bonds is 5. The fourth-order valence-electron chi connectivity index (χ4n) is 1.94. The number of para-hydroxylation sites is 1. The van der Waals surface area contributed by atoms with Crippen LogP contribution in [-0.4, -0.2) is 11.8 Å². The molecule has 0 aliphatic rings. The van der Waals surface area contributed by atoms with Crippen molar-refractivity contribution in [2.45, 2.75) is 0 Å². The first kappa shape index (κ1) is 17.8. The molecule has 2 aromatic carbocycles. The lowest BCUT2D eigenvalue weighted by Gasteiger charge is -2.09. The number of nitrogens with zero attached hydrogens (tertiary/aromatic N) is 1. The van der Waals surface area contributed by atoms with E-state index in [2.05, 4.69) is 10.6 Å². The Morgan fingerprint density at radius 3 is 2.52 bits per heavy atom. The number of amides is 2. The molecule has 0 aliphatic carbocycles. The summed E-state index contributed by atoms with van der Waals surface area (Å²) >= 11 is 5.99. The molecule has 0 fully saturated rings. The molecule has 0 unspecified atom stereocenters. The lowest BCUT2D eigenvalue weighted by Crippen LogP contribution is -2.16. The maximum absolute atomic E-state index is 12.2. The summed E-state index contributed by atoms with van der Waals surface area (Å²) in [4.78, 5) is 23.6. The number of hydrogen-bond donors (Lipinski definition) is 4. The van der Waals surface area contributed by atoms with E-state index in [1.54, 1.807) is 30.3 Å². The molecule has 7 nitrogen and oxygen atoms in total. The average Bonchev–Trinajstić information content (AvgIpc) is 2.58. The van der Waals surface area contributed by atoms with Crippen LogP contribution in [0, 0.1) is 11.3 Å². The van der Waals surface area contributed by atoms with Crippen molar-refractivity contribution < 1.29 is 9.59 Å². The molecule has 0 heterocycles. The number of primary amides is 1. The van der Waals surface area contributed by atoms with E-state index in [1.807, 2.05) is 0 Å². The summed E-state index contributed by atoms with van der Waals surface area (Å²) in [6, 6.07) is 12.8. The molecule has 0 atom stereocenters. The summed E-state index contributed by atoms with van der Waals surface area (Å²) in [6.45, 7) is 0. The van der Waals surface area contributed by atoms with Gasteiger partial charge in [-0.3, -0.25) is 9.59 Å². The minimum atomic E-state index is -0.668. The summed E-state index contributed by atoms with van der Waals surface area (Å²) in [5.41, 5.74) is 12.0. The van der Waals surface area contributed by atoms with E-state index in [0.29, 0.717) is 17.1 Å². The fraction of sp³-hybridized carbons (Fsp3) is 0. The largest absolute Gasteiger partial charge is 0.399 e. The zero-order valence-electron chi connectivity index (χ0n) is 12.9. The minimum Gasteiger partial charge on any atom is -0.399 e. The molecule has 0 aromatic heterocycles. The molecule has 0 saturated heterocycles. The third-order valence-corrected chi connectivity index (χ3v) is 3.48. The van der Waals surface area contributed by atoms with Crippen molar-refractivity contribution >= 4 is 40.5 Å². The van der Waals surface area contributed by atoms with Crippen LogP contribution in [0.15, 0.2) is 54.2 Å². The molecule has 0 radical (unpaired) electrons. The Hall–Kier alpha value is -3.50. The average molecular weight is 356 g/mol. The molecule has 8 heteroatoms. The molecule has 25 heavy (non-hydrogen) atoms. The molecule has 0 aliphatic heterocycles. The summed E-state index contributed by atoms with van der Waals surface area (Å²) in [7, 11) is 0. The first-order chi connectivity index (χ1) is 11.9. The number of nitrogens with one attached hydrogen (secondary N) is 2. The summed E-state index contributed by atoms with van der Waals surface area (Å²) < 4.78 is 0. The molecule has 2 aromatic rings. The van der Waals surface area contributed by atoms with E-state index in [4.69, 9.17) is 23.1 Å². The van der Waals surface area contributed by atoms with Crippen LogP contribution in [0.2, 0.25) is 5.02 Å². The summed E-state index contributed by atoms with van der Waals surface area (Å²) in [5, 5.41) is 14.7. The first-order valence-corrected chi connectivity index (χ1v) is 7.42. The Bertz CT molecular complexity index is 902. The normalized spacial score (nSPS) is 10.6. The second-order valence-corrected chi connectivity index (χ2v) is 5.32. The van der Waals surface area contributed by atoms with E-state index in [9.17, 15) is 14.9 Å². The van der Waals surface area contributed by atoms with Crippen LogP contribution in [-0.2, 0) is 4.79 Å². The van der Waals surface area contributed by atoms with Crippen molar-refractivity contribution in [3.05, 3.63) is 64.8 Å². The van der Waals surface area contributed by atoms with Gasteiger partial charge in [0, 0.05) is 11.9 Å². The van der Waals surface area contributed by atoms with Crippen molar-refractivity contribution in [1.29, 1.82) is 5.26 Å². The maximum Gasteiger partial charge on any atom is 0.267 e. The number of carbonyl (C=O) groups excluding carboxylic acids is 2. The number of hydrogen-bond acceptors (Lipinski definition) is 5. The van der Waals surface area contributed by atoms with Crippen LogP contribution in [0.3, 0.4) is 0 Å². The third-order valence-electron chi connectivity index (χ3n) is 3.17. The Labute approximate surface area is 148 Å². The van der Waals surface area contributed by atoms with Crippen molar-refractivity contribution in [2.75, 3.05) is 16.4 Å². The van der Waals surface area contributed by atoms with Gasteiger partial charge in [0.15, 0.2) is 0 Å². The zero-order valence-corrected chi connectivity index (χ0v) is 13.7. The highest BCUT2D eigenvalue weighted by atomic mass is 35.5. The Balaban J connectivity index is 2.19. The van der Waals surface area contributed by atoms with Crippen molar-refractivity contribution in [2.24, 2.45) is 5.73 Å². The molecule has 2 rings (SSSR count). The summed E-state index contributed by atoms with van der Waals surface area (Å²) in [5.74, 6) is -1.30. The smallest absolute Gasteiger partial charge is 0.267 e. The highest BCUT2D eigenvalue weighted by Crippen LogP contribution is 2.24. The number of nitriles is 1. The quantitative estimate of drug-likeness (QED) is 0.371. The molecule has 0 bridgehead atoms. The van der Waals surface area contributed by atoms with Gasteiger partial charge in [0.05, 0.1) is 22.0 Å². The van der Waals surface area contributed by atoms with Crippen molar-refractivity contribution in [1.82, 2.24) is 0 Å². The molecule has 0 spiro atoms. The summed E-state index contributed by atoms with van der Waals surface area (Å²) in [6.07, 6.45) is 1.18. The molecule has 126 valence electrons. The lowest BCUT2D eigenvalue weighted by atomic mass is 10.1. The number of nitrogen functional groups attached to an aromatic ring is 1. The number of nitrogens with two attached hydrogens (primary N) is 2. The monoisotopic (exact) mass is 355 g/mol. The SMILES string of the molecule is N#C/C(=C/Nc1ccccc1C(N)=O)C(=O)Nc1ccc(N)cc1Cl. The highest BCUT2D eigenvalue weighted by molar-refractivity contribution is 6.34. The van der Waals surface area contributed by atoms with Crippen LogP contribution in [0.5, 0.6) is 0 Å². The van der Waals surface area contributed by atoms with E-state index in [-0.39, 0.29) is 16.2 Å². The van der Waals surface area contributed by atoms with Crippen LogP contribution in [0.1, 0.15) is 10.4 Å². The van der Waals surface area contributed by atoms with Gasteiger partial charge in [0.25, 0.3) is 11.8 Å². The molecule has 6 N–H and O–H groups in total. The van der Waals surface area contributed by atoms with Gasteiger partial charge in [-0.05, 0) is 30.3 Å². The standard InChI is InChI=1S/C17H14ClN5O2/c18-13-7-11(20)5-6-15(13)23-17(25)10(8-19)9-22-14-4-2-1-3-12(14)16(21)24/h1-7,9,22H,20H2,(H2,21,24)(H,23,25)/b10-9-. The molecular formula is C17H14ClN5O2. The van der Waals surface area contributed by atoms with Gasteiger partial charge in [-0.15, -0.1) is 0 Å². The molecule has 0 saturated carbocycles. The van der Waals surface area contributed by atoms with Gasteiger partial charge in [0.2, 0.25) is 0 Å². The fourth-order valence-corrected chi connectivity index (χ4v) is 2.18. The Morgan fingerprint density at radius 1 is 1.16 bits per heavy atom. The predicted octanol–water partition coefficient (Wildman–Crippen LogP) is 2.48. The second kappa shape index (κ2) is 7.86. The Kier molecular flexibility index (Phi) is 5.61. The first-order valence-electron chi connectivity index (χ1n) is 7.04. The van der Waals surface area contributed by atoms with Gasteiger partial charge in [-0.25, -0.2) is 0 Å². The second-order valence-electron chi connectivity index (χ2n) is 4.92. The number of benzene rings is 2. The van der Waals surface area contributed by atoms with Crippen molar-refractivity contribution in [3.63, 3.8) is 0 Å². The predicted molar refractivity (Wildman–Crippen MR) is 96.8 cm³/mol. The van der Waals surface area contributed by atoms with Gasteiger partial charge >= 0.3 is 0 Å². The minimum absolute atomic E-state index is 0.216. The van der Waals surface area contributed by atoms with E-state index in [1.165, 1.54) is 24.4 Å². The van der Waals surface area contributed by atoms with Crippen molar-refractivity contribution in [3.8, 4) is 6.07 Å². The lowest BCUT2D eigenvalue weighted by molar-refractivity contribution is -0.112. The molecule has 2 amide bonds. The van der Waals surface area contributed by atoms with Crippen LogP contribution < -0.4 is 22.1 Å². The van der Waals surface area contributed by atoms with E-state index >= 15 is 0 Å². The third kappa shape index (κ3) is 4.50. The maximum atomic E-state index is 12.2. The van der Waals surface area contributed by atoms with Gasteiger partial charge in [-0.1, -0.05) is 23.7 Å².